The molecule has 1 heterocycles. The van der Waals surface area contributed by atoms with Crippen molar-refractivity contribution in [2.24, 2.45) is 5.92 Å². The molecule has 0 saturated carbocycles. The highest BCUT2D eigenvalue weighted by Gasteiger charge is 2.37. The number of carbonyl (C=O) groups excluding carboxylic acids is 2. The van der Waals surface area contributed by atoms with Crippen molar-refractivity contribution in [1.82, 2.24) is 0 Å². The Morgan fingerprint density at radius 3 is 2.71 bits per heavy atom. The van der Waals surface area contributed by atoms with Gasteiger partial charge in [-0.15, -0.1) is 0 Å². The van der Waals surface area contributed by atoms with E-state index in [1.807, 2.05) is 24.3 Å². The van der Waals surface area contributed by atoms with Crippen molar-refractivity contribution in [3.05, 3.63) is 63.6 Å². The molecule has 1 aliphatic rings. The molecule has 2 atom stereocenters. The van der Waals surface area contributed by atoms with Crippen LogP contribution in [0.2, 0.25) is 10.0 Å². The highest BCUT2D eigenvalue weighted by molar-refractivity contribution is 6.35. The third-order valence-electron chi connectivity index (χ3n) is 5.21. The van der Waals surface area contributed by atoms with Gasteiger partial charge in [0.05, 0.1) is 5.92 Å². The molecule has 2 aromatic rings. The van der Waals surface area contributed by atoms with Gasteiger partial charge in [0, 0.05) is 34.3 Å². The number of hydrogen-bond donors (Lipinski definition) is 0. The summed E-state index contributed by atoms with van der Waals surface area (Å²) in [6.45, 7) is 4.65. The summed E-state index contributed by atoms with van der Waals surface area (Å²) >= 11 is 12.0. The molecule has 1 fully saturated rings. The van der Waals surface area contributed by atoms with Crippen LogP contribution in [0.15, 0.2) is 42.5 Å². The molecule has 0 aromatic heterocycles. The Morgan fingerprint density at radius 2 is 2.00 bits per heavy atom. The van der Waals surface area contributed by atoms with Gasteiger partial charge in [-0.25, -0.2) is 0 Å². The van der Waals surface area contributed by atoms with Crippen LogP contribution in [0.1, 0.15) is 43.7 Å². The second-order valence-electron chi connectivity index (χ2n) is 7.12. The van der Waals surface area contributed by atoms with Gasteiger partial charge >= 0.3 is 5.97 Å². The lowest BCUT2D eigenvalue weighted by Crippen LogP contribution is -2.27. The third-order valence-corrected chi connectivity index (χ3v) is 5.80. The number of halogens is 2. The summed E-state index contributed by atoms with van der Waals surface area (Å²) < 4.78 is 5.42. The van der Waals surface area contributed by atoms with Gasteiger partial charge in [0.15, 0.2) is 0 Å². The fourth-order valence-corrected chi connectivity index (χ4v) is 3.84. The van der Waals surface area contributed by atoms with Gasteiger partial charge in [0.2, 0.25) is 5.91 Å². The predicted octanol–water partition coefficient (Wildman–Crippen LogP) is 5.60. The van der Waals surface area contributed by atoms with Crippen LogP contribution in [0.4, 0.5) is 5.69 Å². The molecule has 0 N–H and O–H groups in total. The van der Waals surface area contributed by atoms with Gasteiger partial charge < -0.3 is 9.64 Å². The number of benzene rings is 2. The molecule has 0 spiro atoms. The Kier molecular flexibility index (Phi) is 6.63. The first kappa shape index (κ1) is 20.7. The van der Waals surface area contributed by atoms with Crippen LogP contribution in [0.5, 0.6) is 0 Å². The minimum absolute atomic E-state index is 0.0535. The molecule has 1 saturated heterocycles. The molecule has 28 heavy (non-hydrogen) atoms. The second-order valence-corrected chi connectivity index (χ2v) is 7.96. The number of rotatable bonds is 6. The topological polar surface area (TPSA) is 46.6 Å². The second kappa shape index (κ2) is 8.97. The van der Waals surface area contributed by atoms with Gasteiger partial charge in [0.1, 0.15) is 6.61 Å². The average Bonchev–Trinajstić information content (AvgIpc) is 3.08. The predicted molar refractivity (Wildman–Crippen MR) is 112 cm³/mol. The van der Waals surface area contributed by atoms with E-state index in [0.717, 1.165) is 17.7 Å². The maximum atomic E-state index is 12.6. The Labute approximate surface area is 175 Å². The maximum absolute atomic E-state index is 12.6. The lowest BCUT2D eigenvalue weighted by atomic mass is 9.96. The summed E-state index contributed by atoms with van der Waals surface area (Å²) in [4.78, 5) is 26.8. The van der Waals surface area contributed by atoms with Crippen molar-refractivity contribution in [1.29, 1.82) is 0 Å². The summed E-state index contributed by atoms with van der Waals surface area (Å²) in [5.41, 5.74) is 2.70. The van der Waals surface area contributed by atoms with Crippen LogP contribution in [0.25, 0.3) is 0 Å². The number of esters is 1. The van der Waals surface area contributed by atoms with Crippen LogP contribution in [0.3, 0.4) is 0 Å². The van der Waals surface area contributed by atoms with E-state index in [1.165, 1.54) is 0 Å². The summed E-state index contributed by atoms with van der Waals surface area (Å²) in [6.07, 6.45) is 1.13. The quantitative estimate of drug-likeness (QED) is 0.572. The monoisotopic (exact) mass is 419 g/mol. The van der Waals surface area contributed by atoms with E-state index in [1.54, 1.807) is 23.1 Å². The van der Waals surface area contributed by atoms with E-state index in [0.29, 0.717) is 28.1 Å². The third kappa shape index (κ3) is 4.50. The van der Waals surface area contributed by atoms with Gasteiger partial charge in [-0.05, 0) is 36.1 Å². The molecule has 4 nitrogen and oxygen atoms in total. The van der Waals surface area contributed by atoms with Crippen molar-refractivity contribution in [2.75, 3.05) is 11.4 Å². The summed E-state index contributed by atoms with van der Waals surface area (Å²) in [5.74, 6) is -0.587. The number of amides is 1. The number of nitrogens with zero attached hydrogens (tertiary/aromatic N) is 1. The number of carbonyl (C=O) groups is 2. The largest absolute Gasteiger partial charge is 0.460 e. The van der Waals surface area contributed by atoms with Crippen LogP contribution >= 0.6 is 23.2 Å². The zero-order valence-corrected chi connectivity index (χ0v) is 17.5. The zero-order valence-electron chi connectivity index (χ0n) is 16.0. The van der Waals surface area contributed by atoms with Crippen molar-refractivity contribution in [3.63, 3.8) is 0 Å². The zero-order chi connectivity index (χ0) is 20.3. The first-order chi connectivity index (χ1) is 13.4. The number of ether oxygens (including phenoxy) is 1. The first-order valence-corrected chi connectivity index (χ1v) is 10.2. The highest BCUT2D eigenvalue weighted by Crippen LogP contribution is 2.34. The lowest BCUT2D eigenvalue weighted by Gasteiger charge is -2.23. The minimum Gasteiger partial charge on any atom is -0.460 e. The van der Waals surface area contributed by atoms with Crippen molar-refractivity contribution in [2.45, 2.75) is 39.2 Å². The Bertz CT molecular complexity index is 884. The Hall–Kier alpha value is -2.04. The van der Waals surface area contributed by atoms with Crippen LogP contribution in [0, 0.1) is 5.92 Å². The normalized spacial score (nSPS) is 17.6. The summed E-state index contributed by atoms with van der Waals surface area (Å²) in [5, 5.41) is 0.976. The molecule has 6 heteroatoms. The van der Waals surface area contributed by atoms with Crippen LogP contribution < -0.4 is 4.90 Å². The molecule has 2 aromatic carbocycles. The van der Waals surface area contributed by atoms with E-state index < -0.39 is 5.92 Å². The fraction of sp³-hybridized carbons (Fsp3) is 0.364. The van der Waals surface area contributed by atoms with Gasteiger partial charge in [0.25, 0.3) is 0 Å². The maximum Gasteiger partial charge on any atom is 0.311 e. The van der Waals surface area contributed by atoms with Crippen molar-refractivity contribution in [3.8, 4) is 0 Å². The summed E-state index contributed by atoms with van der Waals surface area (Å²) in [6, 6.07) is 12.9. The first-order valence-electron chi connectivity index (χ1n) is 9.40. The molecule has 148 valence electrons. The highest BCUT2D eigenvalue weighted by atomic mass is 35.5. The van der Waals surface area contributed by atoms with E-state index in [9.17, 15) is 9.59 Å². The molecule has 0 aliphatic carbocycles. The standard InChI is InChI=1S/C22H23Cl2NO3/c1-3-14(2)18-6-4-5-7-20(18)25-12-16(10-21(25)26)22(27)28-13-15-8-9-17(23)11-19(15)24/h4-9,11,14,16H,3,10,12-13H2,1-2H3/t14-,16-/m1/s1. The van der Waals surface area contributed by atoms with Crippen molar-refractivity contribution >= 4 is 40.8 Å². The summed E-state index contributed by atoms with van der Waals surface area (Å²) in [7, 11) is 0. The number of anilines is 1. The average molecular weight is 420 g/mol. The molecule has 0 radical (unpaired) electrons. The van der Waals surface area contributed by atoms with Crippen molar-refractivity contribution < 1.29 is 14.3 Å². The molecular formula is C22H23Cl2NO3. The van der Waals surface area contributed by atoms with E-state index >= 15 is 0 Å². The molecule has 0 bridgehead atoms. The lowest BCUT2D eigenvalue weighted by molar-refractivity contribution is -0.149. The Balaban J connectivity index is 1.68. The smallest absolute Gasteiger partial charge is 0.311 e. The molecule has 1 aliphatic heterocycles. The SMILES string of the molecule is CC[C@@H](C)c1ccccc1N1C[C@H](C(=O)OCc2ccc(Cl)cc2Cl)CC1=O. The fourth-order valence-electron chi connectivity index (χ4n) is 3.37. The van der Waals surface area contributed by atoms with E-state index in [4.69, 9.17) is 27.9 Å². The van der Waals surface area contributed by atoms with Gasteiger partial charge in [-0.3, -0.25) is 9.59 Å². The van der Waals surface area contributed by atoms with E-state index in [-0.39, 0.29) is 24.9 Å². The number of hydrogen-bond acceptors (Lipinski definition) is 3. The minimum atomic E-state index is -0.483. The Morgan fingerprint density at radius 1 is 1.25 bits per heavy atom. The van der Waals surface area contributed by atoms with E-state index in [2.05, 4.69) is 13.8 Å². The molecule has 0 unspecified atom stereocenters. The van der Waals surface area contributed by atoms with Crippen LogP contribution in [-0.2, 0) is 20.9 Å². The van der Waals surface area contributed by atoms with Crippen LogP contribution in [-0.4, -0.2) is 18.4 Å². The molecule has 1 amide bonds. The molecule has 3 rings (SSSR count). The number of para-hydroxylation sites is 1. The van der Waals surface area contributed by atoms with Gasteiger partial charge in [-0.1, -0.05) is 61.3 Å². The van der Waals surface area contributed by atoms with Gasteiger partial charge in [-0.2, -0.15) is 0 Å². The molecular weight excluding hydrogens is 397 g/mol.